The van der Waals surface area contributed by atoms with Gasteiger partial charge in [0.15, 0.2) is 0 Å². The molecule has 1 spiro atoms. The average molecular weight is 322 g/mol. The predicted octanol–water partition coefficient (Wildman–Crippen LogP) is 0.499. The molecule has 126 valence electrons. The molecule has 2 aliphatic rings. The summed E-state index contributed by atoms with van der Waals surface area (Å²) in [7, 11) is 0. The van der Waals surface area contributed by atoms with Gasteiger partial charge in [0, 0.05) is 6.54 Å². The van der Waals surface area contributed by atoms with Crippen LogP contribution in [0.3, 0.4) is 0 Å². The van der Waals surface area contributed by atoms with E-state index in [1.165, 1.54) is 6.08 Å². The zero-order chi connectivity index (χ0) is 17.0. The smallest absolute Gasteiger partial charge is 0.325 e. The van der Waals surface area contributed by atoms with Crippen molar-refractivity contribution in [1.82, 2.24) is 20.9 Å². The second-order valence-electron chi connectivity index (χ2n) is 5.99. The summed E-state index contributed by atoms with van der Waals surface area (Å²) in [6.07, 6.45) is 4.79. The third kappa shape index (κ3) is 3.35. The quantitative estimate of drug-likeness (QED) is 0.517. The lowest BCUT2D eigenvalue weighted by Crippen LogP contribution is -2.54. The highest BCUT2D eigenvalue weighted by atomic mass is 16.2. The number of nitrogens with zero attached hydrogens (tertiary/aromatic N) is 1. The fourth-order valence-electron chi connectivity index (χ4n) is 3.16. The van der Waals surface area contributed by atoms with Crippen LogP contribution in [0.1, 0.15) is 32.6 Å². The zero-order valence-electron chi connectivity index (χ0n) is 13.2. The molecule has 1 saturated heterocycles. The molecule has 1 saturated carbocycles. The standard InChI is InChI=1S/C15H22N4O4/c1-3-8-16-13(22)17-11(20)9-19-12(21)15(18-14(19)23)7-5-4-6-10(15)2/h3,10H,1,4-9H2,2H3,(H,18,23)(H2,16,17,20,22)/t10-,15-/m1/s1. The van der Waals surface area contributed by atoms with E-state index in [4.69, 9.17) is 0 Å². The minimum absolute atomic E-state index is 0.0247. The molecule has 0 aromatic carbocycles. The lowest BCUT2D eigenvalue weighted by molar-refractivity contribution is -0.137. The van der Waals surface area contributed by atoms with Crippen LogP contribution in [0, 0.1) is 5.92 Å². The van der Waals surface area contributed by atoms with Crippen molar-refractivity contribution in [2.75, 3.05) is 13.1 Å². The first-order chi connectivity index (χ1) is 10.9. The van der Waals surface area contributed by atoms with Crippen molar-refractivity contribution in [3.63, 3.8) is 0 Å². The van der Waals surface area contributed by atoms with Crippen molar-refractivity contribution in [3.05, 3.63) is 12.7 Å². The molecule has 2 atom stereocenters. The normalized spacial score (nSPS) is 26.8. The van der Waals surface area contributed by atoms with E-state index in [0.29, 0.717) is 6.42 Å². The van der Waals surface area contributed by atoms with Gasteiger partial charge >= 0.3 is 12.1 Å². The minimum atomic E-state index is -0.902. The summed E-state index contributed by atoms with van der Waals surface area (Å²) >= 11 is 0. The monoisotopic (exact) mass is 322 g/mol. The first-order valence-electron chi connectivity index (χ1n) is 7.73. The Bertz CT molecular complexity index is 548. The Kier molecular flexibility index (Phi) is 5.02. The third-order valence-corrected chi connectivity index (χ3v) is 4.46. The summed E-state index contributed by atoms with van der Waals surface area (Å²) in [6, 6.07) is -1.27. The molecule has 23 heavy (non-hydrogen) atoms. The van der Waals surface area contributed by atoms with Gasteiger partial charge in [-0.05, 0) is 18.8 Å². The van der Waals surface area contributed by atoms with Gasteiger partial charge in [0.1, 0.15) is 12.1 Å². The molecule has 0 aromatic heterocycles. The number of hydrogen-bond donors (Lipinski definition) is 3. The Morgan fingerprint density at radius 1 is 1.43 bits per heavy atom. The van der Waals surface area contributed by atoms with E-state index in [2.05, 4.69) is 22.5 Å². The second-order valence-corrected chi connectivity index (χ2v) is 5.99. The number of imide groups is 2. The Labute approximate surface area is 134 Å². The molecular formula is C15H22N4O4. The van der Waals surface area contributed by atoms with E-state index in [0.717, 1.165) is 24.2 Å². The highest BCUT2D eigenvalue weighted by molar-refractivity contribution is 6.10. The van der Waals surface area contributed by atoms with E-state index in [1.807, 2.05) is 6.92 Å². The molecule has 2 fully saturated rings. The van der Waals surface area contributed by atoms with Gasteiger partial charge < -0.3 is 10.6 Å². The molecule has 1 aliphatic heterocycles. The Morgan fingerprint density at radius 2 is 2.17 bits per heavy atom. The van der Waals surface area contributed by atoms with Gasteiger partial charge in [-0.2, -0.15) is 0 Å². The summed E-state index contributed by atoms with van der Waals surface area (Å²) in [6.45, 7) is 5.11. The van der Waals surface area contributed by atoms with Gasteiger partial charge in [0.2, 0.25) is 5.91 Å². The highest BCUT2D eigenvalue weighted by Crippen LogP contribution is 2.37. The maximum Gasteiger partial charge on any atom is 0.325 e. The Morgan fingerprint density at radius 3 is 2.83 bits per heavy atom. The van der Waals surface area contributed by atoms with Crippen LogP contribution in [0.4, 0.5) is 9.59 Å². The van der Waals surface area contributed by atoms with Crippen LogP contribution in [0.2, 0.25) is 0 Å². The fourth-order valence-corrected chi connectivity index (χ4v) is 3.16. The lowest BCUT2D eigenvalue weighted by atomic mass is 9.73. The van der Waals surface area contributed by atoms with Gasteiger partial charge in [-0.1, -0.05) is 25.8 Å². The Balaban J connectivity index is 1.99. The molecule has 1 heterocycles. The molecule has 0 unspecified atom stereocenters. The number of hydrogen-bond acceptors (Lipinski definition) is 4. The highest BCUT2D eigenvalue weighted by Gasteiger charge is 2.55. The second kappa shape index (κ2) is 6.80. The SMILES string of the molecule is C=CCNC(=O)NC(=O)CN1C(=O)N[C@@]2(CCCC[C@H]2C)C1=O. The lowest BCUT2D eigenvalue weighted by Gasteiger charge is -2.36. The van der Waals surface area contributed by atoms with E-state index >= 15 is 0 Å². The number of carbonyl (C=O) groups is 4. The first kappa shape index (κ1) is 17.0. The van der Waals surface area contributed by atoms with Gasteiger partial charge in [-0.15, -0.1) is 6.58 Å². The summed E-state index contributed by atoms with van der Waals surface area (Å²) in [5.41, 5.74) is -0.902. The first-order valence-corrected chi connectivity index (χ1v) is 7.73. The van der Waals surface area contributed by atoms with Crippen LogP contribution in [0.25, 0.3) is 0 Å². The minimum Gasteiger partial charge on any atom is -0.334 e. The van der Waals surface area contributed by atoms with Crippen molar-refractivity contribution in [2.45, 2.75) is 38.1 Å². The number of carbonyl (C=O) groups excluding carboxylic acids is 4. The maximum absolute atomic E-state index is 12.6. The molecule has 6 amide bonds. The van der Waals surface area contributed by atoms with Gasteiger partial charge in [-0.25, -0.2) is 9.59 Å². The topological polar surface area (TPSA) is 108 Å². The van der Waals surface area contributed by atoms with Crippen LogP contribution in [0.15, 0.2) is 12.7 Å². The predicted molar refractivity (Wildman–Crippen MR) is 82.3 cm³/mol. The zero-order valence-corrected chi connectivity index (χ0v) is 13.2. The maximum atomic E-state index is 12.6. The van der Waals surface area contributed by atoms with E-state index in [9.17, 15) is 19.2 Å². The molecule has 3 N–H and O–H groups in total. The molecule has 8 heteroatoms. The van der Waals surface area contributed by atoms with Gasteiger partial charge in [-0.3, -0.25) is 19.8 Å². The number of rotatable bonds is 4. The van der Waals surface area contributed by atoms with Crippen LogP contribution >= 0.6 is 0 Å². The Hall–Kier alpha value is -2.38. The number of nitrogens with one attached hydrogen (secondary N) is 3. The van der Waals surface area contributed by atoms with Gasteiger partial charge in [0.25, 0.3) is 5.91 Å². The van der Waals surface area contributed by atoms with Crippen molar-refractivity contribution in [1.29, 1.82) is 0 Å². The molecule has 8 nitrogen and oxygen atoms in total. The van der Waals surface area contributed by atoms with Crippen LogP contribution in [0.5, 0.6) is 0 Å². The number of amides is 6. The average Bonchev–Trinajstić information content (AvgIpc) is 2.73. The van der Waals surface area contributed by atoms with E-state index in [1.54, 1.807) is 0 Å². The van der Waals surface area contributed by atoms with E-state index in [-0.39, 0.29) is 18.4 Å². The summed E-state index contributed by atoms with van der Waals surface area (Å²) in [4.78, 5) is 48.9. The molecular weight excluding hydrogens is 300 g/mol. The van der Waals surface area contributed by atoms with E-state index < -0.39 is 30.1 Å². The summed E-state index contributed by atoms with van der Waals surface area (Å²) < 4.78 is 0. The fraction of sp³-hybridized carbons (Fsp3) is 0.600. The number of urea groups is 2. The molecule has 0 aromatic rings. The molecule has 2 rings (SSSR count). The van der Waals surface area contributed by atoms with Crippen molar-refractivity contribution < 1.29 is 19.2 Å². The summed E-state index contributed by atoms with van der Waals surface area (Å²) in [5.74, 6) is -1.07. The van der Waals surface area contributed by atoms with Crippen LogP contribution < -0.4 is 16.0 Å². The molecule has 0 radical (unpaired) electrons. The molecule has 1 aliphatic carbocycles. The molecule has 0 bridgehead atoms. The van der Waals surface area contributed by atoms with Gasteiger partial charge in [0.05, 0.1) is 0 Å². The summed E-state index contributed by atoms with van der Waals surface area (Å²) in [5, 5.41) is 7.21. The van der Waals surface area contributed by atoms with Crippen molar-refractivity contribution >= 4 is 23.9 Å². The van der Waals surface area contributed by atoms with Crippen LogP contribution in [-0.4, -0.2) is 47.4 Å². The third-order valence-electron chi connectivity index (χ3n) is 4.46. The largest absolute Gasteiger partial charge is 0.334 e. The van der Waals surface area contributed by atoms with Crippen molar-refractivity contribution in [3.8, 4) is 0 Å². The van der Waals surface area contributed by atoms with Crippen LogP contribution in [-0.2, 0) is 9.59 Å². The van der Waals surface area contributed by atoms with Crippen molar-refractivity contribution in [2.24, 2.45) is 5.92 Å².